The van der Waals surface area contributed by atoms with E-state index >= 15 is 0 Å². The van der Waals surface area contributed by atoms with Crippen LogP contribution in [-0.2, 0) is 11.2 Å². The first-order valence-electron chi connectivity index (χ1n) is 9.49. The summed E-state index contributed by atoms with van der Waals surface area (Å²) in [6.07, 6.45) is 4.74. The van der Waals surface area contributed by atoms with Crippen molar-refractivity contribution < 1.29 is 24.2 Å². The van der Waals surface area contributed by atoms with Crippen molar-refractivity contribution in [1.82, 2.24) is 5.32 Å². The van der Waals surface area contributed by atoms with E-state index < -0.39 is 17.9 Å². The molecule has 1 amide bonds. The molecule has 2 aromatic rings. The standard InChI is InChI=1S/C22H25NO5/c1-27-20-14-16(11-12-19(20)28-17-9-5-6-10-17)21(24)23-18(22(25)26)13-15-7-3-2-4-8-15/h2-4,7-8,11-12,14,17-18H,5-6,9-10,13H2,1H3,(H,23,24)(H,25,26)/t18-/m0/s1. The number of aliphatic carboxylic acids is 1. The molecule has 6 nitrogen and oxygen atoms in total. The van der Waals surface area contributed by atoms with Crippen molar-refractivity contribution in [1.29, 1.82) is 0 Å². The van der Waals surface area contributed by atoms with E-state index in [1.807, 2.05) is 30.3 Å². The normalized spacial score (nSPS) is 15.0. The van der Waals surface area contributed by atoms with Crippen molar-refractivity contribution in [2.75, 3.05) is 7.11 Å². The minimum absolute atomic E-state index is 0.177. The van der Waals surface area contributed by atoms with Crippen LogP contribution in [0.2, 0.25) is 0 Å². The van der Waals surface area contributed by atoms with Gasteiger partial charge in [0.25, 0.3) is 5.91 Å². The minimum atomic E-state index is -1.08. The lowest BCUT2D eigenvalue weighted by Crippen LogP contribution is -2.42. The number of carbonyl (C=O) groups is 2. The number of hydrogen-bond donors (Lipinski definition) is 2. The smallest absolute Gasteiger partial charge is 0.326 e. The van der Waals surface area contributed by atoms with E-state index in [1.54, 1.807) is 18.2 Å². The fourth-order valence-electron chi connectivity index (χ4n) is 3.38. The number of amides is 1. The van der Waals surface area contributed by atoms with E-state index in [0.717, 1.165) is 31.2 Å². The molecule has 0 unspecified atom stereocenters. The zero-order valence-corrected chi connectivity index (χ0v) is 15.9. The van der Waals surface area contributed by atoms with Gasteiger partial charge in [0.2, 0.25) is 0 Å². The molecule has 0 radical (unpaired) electrons. The van der Waals surface area contributed by atoms with Crippen molar-refractivity contribution in [3.63, 3.8) is 0 Å². The average Bonchev–Trinajstić information content (AvgIpc) is 3.21. The summed E-state index contributed by atoms with van der Waals surface area (Å²) in [5.74, 6) is -0.473. The topological polar surface area (TPSA) is 84.9 Å². The van der Waals surface area contributed by atoms with Crippen LogP contribution in [0.25, 0.3) is 0 Å². The lowest BCUT2D eigenvalue weighted by Gasteiger charge is -2.18. The molecular weight excluding hydrogens is 358 g/mol. The van der Waals surface area contributed by atoms with Crippen molar-refractivity contribution in [2.45, 2.75) is 44.2 Å². The summed E-state index contributed by atoms with van der Waals surface area (Å²) in [5.41, 5.74) is 1.17. The Morgan fingerprint density at radius 1 is 1.11 bits per heavy atom. The zero-order chi connectivity index (χ0) is 19.9. The number of carboxylic acid groups (broad SMARTS) is 1. The Morgan fingerprint density at radius 3 is 2.46 bits per heavy atom. The molecule has 148 valence electrons. The molecule has 1 atom stereocenters. The van der Waals surface area contributed by atoms with Crippen LogP contribution in [0.3, 0.4) is 0 Å². The van der Waals surface area contributed by atoms with Gasteiger partial charge in [0.1, 0.15) is 6.04 Å². The molecule has 0 saturated heterocycles. The third kappa shape index (κ3) is 5.03. The summed E-state index contributed by atoms with van der Waals surface area (Å²) >= 11 is 0. The van der Waals surface area contributed by atoms with Gasteiger partial charge in [-0.25, -0.2) is 4.79 Å². The quantitative estimate of drug-likeness (QED) is 0.729. The molecule has 6 heteroatoms. The van der Waals surface area contributed by atoms with Gasteiger partial charge in [-0.1, -0.05) is 30.3 Å². The van der Waals surface area contributed by atoms with Gasteiger partial charge in [0.15, 0.2) is 11.5 Å². The Labute approximate surface area is 164 Å². The van der Waals surface area contributed by atoms with Crippen LogP contribution < -0.4 is 14.8 Å². The first kappa shape index (κ1) is 19.7. The predicted octanol–water partition coefficient (Wildman–Crippen LogP) is 3.44. The van der Waals surface area contributed by atoms with E-state index in [9.17, 15) is 14.7 Å². The van der Waals surface area contributed by atoms with Gasteiger partial charge >= 0.3 is 5.97 Å². The molecule has 0 aromatic heterocycles. The monoisotopic (exact) mass is 383 g/mol. The summed E-state index contributed by atoms with van der Waals surface area (Å²) in [5, 5.41) is 12.1. The van der Waals surface area contributed by atoms with Gasteiger partial charge in [0, 0.05) is 12.0 Å². The fourth-order valence-corrected chi connectivity index (χ4v) is 3.38. The lowest BCUT2D eigenvalue weighted by molar-refractivity contribution is -0.139. The van der Waals surface area contributed by atoms with E-state index in [1.165, 1.54) is 7.11 Å². The molecule has 0 aliphatic heterocycles. The molecule has 2 aromatic carbocycles. The third-order valence-electron chi connectivity index (χ3n) is 4.91. The first-order valence-corrected chi connectivity index (χ1v) is 9.49. The molecule has 2 N–H and O–H groups in total. The molecule has 1 aliphatic rings. The van der Waals surface area contributed by atoms with E-state index in [2.05, 4.69) is 5.32 Å². The van der Waals surface area contributed by atoms with Crippen LogP contribution in [0.15, 0.2) is 48.5 Å². The van der Waals surface area contributed by atoms with E-state index in [4.69, 9.17) is 9.47 Å². The van der Waals surface area contributed by atoms with Crippen molar-refractivity contribution in [3.8, 4) is 11.5 Å². The summed E-state index contributed by atoms with van der Waals surface area (Å²) < 4.78 is 11.4. The van der Waals surface area contributed by atoms with Crippen LogP contribution in [-0.4, -0.2) is 36.2 Å². The van der Waals surface area contributed by atoms with Crippen molar-refractivity contribution in [2.24, 2.45) is 0 Å². The van der Waals surface area contributed by atoms with Gasteiger partial charge < -0.3 is 19.9 Å². The molecule has 1 aliphatic carbocycles. The number of methoxy groups -OCH3 is 1. The first-order chi connectivity index (χ1) is 13.6. The fraction of sp³-hybridized carbons (Fsp3) is 0.364. The Bertz CT molecular complexity index is 815. The maximum Gasteiger partial charge on any atom is 0.326 e. The molecule has 3 rings (SSSR count). The Balaban J connectivity index is 1.70. The van der Waals surface area contributed by atoms with E-state index in [0.29, 0.717) is 17.1 Å². The summed E-state index contributed by atoms with van der Waals surface area (Å²) in [7, 11) is 1.52. The average molecular weight is 383 g/mol. The molecule has 1 fully saturated rings. The van der Waals surface area contributed by atoms with E-state index in [-0.39, 0.29) is 12.5 Å². The van der Waals surface area contributed by atoms with Gasteiger partial charge in [0.05, 0.1) is 13.2 Å². The molecule has 28 heavy (non-hydrogen) atoms. The third-order valence-corrected chi connectivity index (χ3v) is 4.91. The number of rotatable bonds is 8. The van der Waals surface area contributed by atoms with Gasteiger partial charge in [-0.05, 0) is 49.4 Å². The molecule has 0 spiro atoms. The van der Waals surface area contributed by atoms with Gasteiger partial charge in [-0.3, -0.25) is 4.79 Å². The van der Waals surface area contributed by atoms with Crippen LogP contribution in [0, 0.1) is 0 Å². The van der Waals surface area contributed by atoms with Crippen molar-refractivity contribution >= 4 is 11.9 Å². The Kier molecular flexibility index (Phi) is 6.53. The highest BCUT2D eigenvalue weighted by Crippen LogP contribution is 2.32. The number of nitrogens with one attached hydrogen (secondary N) is 1. The highest BCUT2D eigenvalue weighted by atomic mass is 16.5. The summed E-state index contributed by atoms with van der Waals surface area (Å²) in [6, 6.07) is 13.1. The van der Waals surface area contributed by atoms with Crippen LogP contribution in [0.5, 0.6) is 11.5 Å². The second-order valence-corrected chi connectivity index (χ2v) is 6.94. The lowest BCUT2D eigenvalue weighted by atomic mass is 10.1. The SMILES string of the molecule is COc1cc(C(=O)N[C@@H](Cc2ccccc2)C(=O)O)ccc1OC1CCCC1. The number of hydrogen-bond acceptors (Lipinski definition) is 4. The summed E-state index contributed by atoms with van der Waals surface area (Å²) in [4.78, 5) is 24.2. The second kappa shape index (κ2) is 9.26. The molecule has 1 saturated carbocycles. The summed E-state index contributed by atoms with van der Waals surface area (Å²) in [6.45, 7) is 0. The number of benzene rings is 2. The van der Waals surface area contributed by atoms with Crippen molar-refractivity contribution in [3.05, 3.63) is 59.7 Å². The molecule has 0 heterocycles. The number of carbonyl (C=O) groups excluding carboxylic acids is 1. The predicted molar refractivity (Wildman–Crippen MR) is 105 cm³/mol. The number of carboxylic acids is 1. The Morgan fingerprint density at radius 2 is 1.82 bits per heavy atom. The highest BCUT2D eigenvalue weighted by Gasteiger charge is 2.23. The van der Waals surface area contributed by atoms with Crippen LogP contribution in [0.1, 0.15) is 41.6 Å². The number of ether oxygens (including phenoxy) is 2. The van der Waals surface area contributed by atoms with Crippen LogP contribution >= 0.6 is 0 Å². The van der Waals surface area contributed by atoms with Crippen LogP contribution in [0.4, 0.5) is 0 Å². The zero-order valence-electron chi connectivity index (χ0n) is 15.9. The highest BCUT2D eigenvalue weighted by molar-refractivity contribution is 5.97. The van der Waals surface area contributed by atoms with Gasteiger partial charge in [-0.15, -0.1) is 0 Å². The largest absolute Gasteiger partial charge is 0.493 e. The maximum atomic E-state index is 12.6. The maximum absolute atomic E-state index is 12.6. The minimum Gasteiger partial charge on any atom is -0.493 e. The Hall–Kier alpha value is -3.02. The molecular formula is C22H25NO5. The molecule has 0 bridgehead atoms. The second-order valence-electron chi connectivity index (χ2n) is 6.94. The van der Waals surface area contributed by atoms with Gasteiger partial charge in [-0.2, -0.15) is 0 Å².